The molecule has 0 saturated carbocycles. The zero-order valence-electron chi connectivity index (χ0n) is 8.43. The van der Waals surface area contributed by atoms with Crippen molar-refractivity contribution < 1.29 is 0 Å². The maximum absolute atomic E-state index is 11.8. The molecule has 5 heteroatoms. The molecule has 2 N–H and O–H groups in total. The molecule has 1 aromatic heterocycles. The van der Waals surface area contributed by atoms with Crippen LogP contribution in [-0.2, 0) is 6.54 Å². The number of para-hydroxylation sites is 1. The Morgan fingerprint density at radius 2 is 2.12 bits per heavy atom. The van der Waals surface area contributed by atoms with Crippen molar-refractivity contribution >= 4 is 28.3 Å². The van der Waals surface area contributed by atoms with Crippen LogP contribution in [0.25, 0.3) is 0 Å². The second-order valence-electron chi connectivity index (χ2n) is 3.37. The van der Waals surface area contributed by atoms with E-state index < -0.39 is 0 Å². The average molecular weight is 327 g/mol. The van der Waals surface area contributed by atoms with Crippen molar-refractivity contribution in [1.82, 2.24) is 9.55 Å². The molecule has 1 heterocycles. The Labute approximate surface area is 106 Å². The standard InChI is InChI=1S/C11H10IN3O/c12-9-5-14-7-15(11(9)16)6-8-3-1-2-4-10(8)13/h1-5,7H,6,13H2. The van der Waals surface area contributed by atoms with E-state index in [1.54, 1.807) is 10.8 Å². The number of aromatic nitrogens is 2. The van der Waals surface area contributed by atoms with Crippen molar-refractivity contribution in [1.29, 1.82) is 0 Å². The fourth-order valence-electron chi connectivity index (χ4n) is 1.40. The lowest BCUT2D eigenvalue weighted by Crippen LogP contribution is -2.23. The molecule has 0 aliphatic carbocycles. The van der Waals surface area contributed by atoms with Crippen LogP contribution in [0, 0.1) is 3.57 Å². The number of anilines is 1. The van der Waals surface area contributed by atoms with Gasteiger partial charge < -0.3 is 5.73 Å². The highest BCUT2D eigenvalue weighted by Crippen LogP contribution is 2.11. The molecule has 0 saturated heterocycles. The van der Waals surface area contributed by atoms with Crippen molar-refractivity contribution in [2.24, 2.45) is 0 Å². The molecule has 0 aliphatic rings. The van der Waals surface area contributed by atoms with Gasteiger partial charge in [0.2, 0.25) is 0 Å². The minimum atomic E-state index is -0.0427. The average Bonchev–Trinajstić information content (AvgIpc) is 2.28. The molecule has 2 rings (SSSR count). The molecule has 0 unspecified atom stereocenters. The first-order chi connectivity index (χ1) is 7.68. The first-order valence-electron chi connectivity index (χ1n) is 4.72. The maximum Gasteiger partial charge on any atom is 0.267 e. The Kier molecular flexibility index (Phi) is 3.23. The molecule has 0 radical (unpaired) electrons. The van der Waals surface area contributed by atoms with Crippen molar-refractivity contribution in [2.45, 2.75) is 6.54 Å². The molecular formula is C11H10IN3O. The van der Waals surface area contributed by atoms with E-state index >= 15 is 0 Å². The zero-order valence-corrected chi connectivity index (χ0v) is 10.6. The van der Waals surface area contributed by atoms with Gasteiger partial charge in [0.1, 0.15) is 0 Å². The molecule has 0 amide bonds. The van der Waals surface area contributed by atoms with Crippen molar-refractivity contribution in [3.05, 3.63) is 56.3 Å². The van der Waals surface area contributed by atoms with E-state index in [0.717, 1.165) is 5.56 Å². The largest absolute Gasteiger partial charge is 0.398 e. The summed E-state index contributed by atoms with van der Waals surface area (Å²) in [6.07, 6.45) is 3.07. The fourth-order valence-corrected chi connectivity index (χ4v) is 1.87. The Morgan fingerprint density at radius 3 is 2.88 bits per heavy atom. The summed E-state index contributed by atoms with van der Waals surface area (Å²) in [7, 11) is 0. The number of nitrogens with zero attached hydrogens (tertiary/aromatic N) is 2. The first-order valence-corrected chi connectivity index (χ1v) is 5.79. The molecule has 0 atom stereocenters. The molecule has 1 aromatic carbocycles. The summed E-state index contributed by atoms with van der Waals surface area (Å²) in [6.45, 7) is 0.454. The lowest BCUT2D eigenvalue weighted by molar-refractivity contribution is 0.731. The van der Waals surface area contributed by atoms with Gasteiger partial charge in [0.15, 0.2) is 0 Å². The van der Waals surface area contributed by atoms with Crippen LogP contribution in [0.2, 0.25) is 0 Å². The van der Waals surface area contributed by atoms with Gasteiger partial charge in [-0.15, -0.1) is 0 Å². The summed E-state index contributed by atoms with van der Waals surface area (Å²) >= 11 is 1.97. The summed E-state index contributed by atoms with van der Waals surface area (Å²) < 4.78 is 2.16. The van der Waals surface area contributed by atoms with Gasteiger partial charge in [-0.3, -0.25) is 9.36 Å². The number of halogens is 1. The van der Waals surface area contributed by atoms with Crippen LogP contribution in [0.15, 0.2) is 41.6 Å². The van der Waals surface area contributed by atoms with Gasteiger partial charge in [0, 0.05) is 11.9 Å². The summed E-state index contributed by atoms with van der Waals surface area (Å²) in [5, 5.41) is 0. The van der Waals surface area contributed by atoms with Gasteiger partial charge in [0.05, 0.1) is 16.4 Å². The number of hydrogen-bond donors (Lipinski definition) is 1. The van der Waals surface area contributed by atoms with E-state index in [0.29, 0.717) is 15.8 Å². The number of benzene rings is 1. The third-order valence-electron chi connectivity index (χ3n) is 2.25. The van der Waals surface area contributed by atoms with Gasteiger partial charge in [0.25, 0.3) is 5.56 Å². The molecule has 16 heavy (non-hydrogen) atoms. The predicted molar refractivity (Wildman–Crippen MR) is 71.2 cm³/mol. The van der Waals surface area contributed by atoms with Gasteiger partial charge >= 0.3 is 0 Å². The lowest BCUT2D eigenvalue weighted by atomic mass is 10.2. The number of hydrogen-bond acceptors (Lipinski definition) is 3. The van der Waals surface area contributed by atoms with E-state index in [1.807, 2.05) is 46.9 Å². The molecule has 0 bridgehead atoms. The Balaban J connectivity index is 2.39. The Bertz CT molecular complexity index is 565. The lowest BCUT2D eigenvalue weighted by Gasteiger charge is -2.07. The molecule has 2 aromatic rings. The van der Waals surface area contributed by atoms with E-state index in [2.05, 4.69) is 4.98 Å². The smallest absolute Gasteiger partial charge is 0.267 e. The van der Waals surface area contributed by atoms with Crippen LogP contribution in [0.1, 0.15) is 5.56 Å². The Hall–Kier alpha value is -1.37. The van der Waals surface area contributed by atoms with Gasteiger partial charge in [-0.2, -0.15) is 0 Å². The predicted octanol–water partition coefficient (Wildman–Crippen LogP) is 1.48. The summed E-state index contributed by atoms with van der Waals surface area (Å²) in [5.74, 6) is 0. The molecular weight excluding hydrogens is 317 g/mol. The minimum Gasteiger partial charge on any atom is -0.398 e. The normalized spacial score (nSPS) is 10.3. The summed E-state index contributed by atoms with van der Waals surface area (Å²) in [6, 6.07) is 7.50. The van der Waals surface area contributed by atoms with Crippen LogP contribution < -0.4 is 11.3 Å². The quantitative estimate of drug-likeness (QED) is 0.671. The number of rotatable bonds is 2. The molecule has 0 fully saturated rings. The monoisotopic (exact) mass is 327 g/mol. The van der Waals surface area contributed by atoms with E-state index in [9.17, 15) is 4.79 Å². The minimum absolute atomic E-state index is 0.0427. The second-order valence-corrected chi connectivity index (χ2v) is 4.54. The maximum atomic E-state index is 11.8. The highest BCUT2D eigenvalue weighted by atomic mass is 127. The SMILES string of the molecule is Nc1ccccc1Cn1cncc(I)c1=O. The van der Waals surface area contributed by atoms with Gasteiger partial charge in [-0.25, -0.2) is 4.98 Å². The summed E-state index contributed by atoms with van der Waals surface area (Å²) in [5.41, 5.74) is 7.39. The van der Waals surface area contributed by atoms with Crippen LogP contribution in [0.5, 0.6) is 0 Å². The van der Waals surface area contributed by atoms with Crippen LogP contribution >= 0.6 is 22.6 Å². The zero-order chi connectivity index (χ0) is 11.5. The molecule has 0 aliphatic heterocycles. The third kappa shape index (κ3) is 2.24. The van der Waals surface area contributed by atoms with Crippen LogP contribution in [0.4, 0.5) is 5.69 Å². The van der Waals surface area contributed by atoms with Crippen molar-refractivity contribution in [3.63, 3.8) is 0 Å². The van der Waals surface area contributed by atoms with Gasteiger partial charge in [-0.05, 0) is 34.2 Å². The Morgan fingerprint density at radius 1 is 1.38 bits per heavy atom. The first kappa shape index (κ1) is 11.1. The van der Waals surface area contributed by atoms with Crippen molar-refractivity contribution in [3.8, 4) is 0 Å². The second kappa shape index (κ2) is 4.65. The highest BCUT2D eigenvalue weighted by molar-refractivity contribution is 14.1. The van der Waals surface area contributed by atoms with Gasteiger partial charge in [-0.1, -0.05) is 18.2 Å². The summed E-state index contributed by atoms with van der Waals surface area (Å²) in [4.78, 5) is 15.7. The van der Waals surface area contributed by atoms with E-state index in [1.165, 1.54) is 6.33 Å². The van der Waals surface area contributed by atoms with Crippen LogP contribution in [0.3, 0.4) is 0 Å². The fraction of sp³-hybridized carbons (Fsp3) is 0.0909. The molecule has 4 nitrogen and oxygen atoms in total. The van der Waals surface area contributed by atoms with E-state index in [4.69, 9.17) is 5.73 Å². The molecule has 0 spiro atoms. The number of nitrogens with two attached hydrogens (primary N) is 1. The third-order valence-corrected chi connectivity index (χ3v) is 2.99. The van der Waals surface area contributed by atoms with E-state index in [-0.39, 0.29) is 5.56 Å². The van der Waals surface area contributed by atoms with Crippen molar-refractivity contribution in [2.75, 3.05) is 5.73 Å². The highest BCUT2D eigenvalue weighted by Gasteiger charge is 2.03. The molecule has 82 valence electrons. The van der Waals surface area contributed by atoms with Crippen LogP contribution in [-0.4, -0.2) is 9.55 Å². The topological polar surface area (TPSA) is 60.9 Å². The number of nitrogen functional groups attached to an aromatic ring is 1.